The second-order valence-electron chi connectivity index (χ2n) is 2.72. The predicted octanol–water partition coefficient (Wildman–Crippen LogP) is 1.61. The maximum atomic E-state index is 5.54. The van der Waals surface area contributed by atoms with Crippen molar-refractivity contribution < 1.29 is 0 Å². The molecule has 0 amide bonds. The molecule has 64 valence electrons. The molecule has 0 aliphatic heterocycles. The van der Waals surface area contributed by atoms with Crippen molar-refractivity contribution in [1.29, 1.82) is 0 Å². The van der Waals surface area contributed by atoms with E-state index < -0.39 is 0 Å². The molecule has 0 saturated heterocycles. The third-order valence-electron chi connectivity index (χ3n) is 1.41. The number of hydrogen-bond acceptors (Lipinski definition) is 2. The number of imidazole rings is 1. The van der Waals surface area contributed by atoms with Crippen LogP contribution >= 0.6 is 0 Å². The summed E-state index contributed by atoms with van der Waals surface area (Å²) in [5, 5.41) is 0. The minimum absolute atomic E-state index is 0.746. The third kappa shape index (κ3) is 1.75. The molecule has 0 aliphatic rings. The number of nitrogens with two attached hydrogens (primary N) is 1. The van der Waals surface area contributed by atoms with Crippen LogP contribution in [0, 0.1) is 6.92 Å². The quantitative estimate of drug-likeness (QED) is 0.719. The van der Waals surface area contributed by atoms with Gasteiger partial charge >= 0.3 is 0 Å². The Morgan fingerprint density at radius 3 is 2.92 bits per heavy atom. The summed E-state index contributed by atoms with van der Waals surface area (Å²) in [7, 11) is 0. The molecule has 0 atom stereocenters. The number of allylic oxidation sites excluding steroid dienone is 1. The molecule has 0 bridgehead atoms. The largest absolute Gasteiger partial charge is 0.401 e. The van der Waals surface area contributed by atoms with Gasteiger partial charge in [0.1, 0.15) is 5.82 Å². The van der Waals surface area contributed by atoms with E-state index in [0.29, 0.717) is 0 Å². The molecular formula is C9H13N3. The van der Waals surface area contributed by atoms with Crippen LogP contribution in [-0.4, -0.2) is 9.55 Å². The molecule has 2 N–H and O–H groups in total. The van der Waals surface area contributed by atoms with Crippen molar-refractivity contribution in [2.75, 3.05) is 0 Å². The number of rotatable bonds is 2. The zero-order chi connectivity index (χ0) is 9.14. The summed E-state index contributed by atoms with van der Waals surface area (Å²) in [5.41, 5.74) is 7.24. The Labute approximate surface area is 72.2 Å². The highest BCUT2D eigenvalue weighted by molar-refractivity contribution is 5.44. The summed E-state index contributed by atoms with van der Waals surface area (Å²) < 4.78 is 1.86. The van der Waals surface area contributed by atoms with E-state index in [1.807, 2.05) is 30.8 Å². The second-order valence-corrected chi connectivity index (χ2v) is 2.72. The highest BCUT2D eigenvalue weighted by Gasteiger charge is 1.97. The predicted molar refractivity (Wildman–Crippen MR) is 51.2 cm³/mol. The van der Waals surface area contributed by atoms with Crippen LogP contribution in [0.4, 0.5) is 0 Å². The molecular weight excluding hydrogens is 150 g/mol. The van der Waals surface area contributed by atoms with Gasteiger partial charge in [-0.05, 0) is 19.9 Å². The minimum Gasteiger partial charge on any atom is -0.401 e. The normalized spacial score (nSPS) is 11.7. The van der Waals surface area contributed by atoms with Crippen LogP contribution in [0.5, 0.6) is 0 Å². The first-order valence-electron chi connectivity index (χ1n) is 3.75. The average molecular weight is 163 g/mol. The molecule has 3 nitrogen and oxygen atoms in total. The van der Waals surface area contributed by atoms with Gasteiger partial charge in [0, 0.05) is 18.1 Å². The van der Waals surface area contributed by atoms with Gasteiger partial charge in [-0.3, -0.25) is 0 Å². The molecule has 0 unspecified atom stereocenters. The van der Waals surface area contributed by atoms with Crippen molar-refractivity contribution in [3.8, 4) is 0 Å². The standard InChI is InChI=1S/C9H13N3/c1-4-9-11-8(3)6-12(9)5-7(2)10/h4-6H,1,10H2,2-3H3/b7-5+. The molecule has 0 fully saturated rings. The highest BCUT2D eigenvalue weighted by atomic mass is 15.1. The molecule has 1 aromatic rings. The Kier molecular flexibility index (Phi) is 2.33. The molecule has 0 saturated carbocycles. The van der Waals surface area contributed by atoms with Crippen molar-refractivity contribution in [2.45, 2.75) is 13.8 Å². The van der Waals surface area contributed by atoms with E-state index >= 15 is 0 Å². The average Bonchev–Trinajstić information content (AvgIpc) is 2.29. The van der Waals surface area contributed by atoms with Gasteiger partial charge in [0.05, 0.1) is 5.69 Å². The van der Waals surface area contributed by atoms with Gasteiger partial charge in [0.15, 0.2) is 0 Å². The van der Waals surface area contributed by atoms with Gasteiger partial charge in [0.25, 0.3) is 0 Å². The van der Waals surface area contributed by atoms with Crippen LogP contribution in [-0.2, 0) is 0 Å². The zero-order valence-corrected chi connectivity index (χ0v) is 7.41. The van der Waals surface area contributed by atoms with Crippen LogP contribution in [0.2, 0.25) is 0 Å². The first-order valence-corrected chi connectivity index (χ1v) is 3.75. The number of aromatic nitrogens is 2. The topological polar surface area (TPSA) is 43.8 Å². The van der Waals surface area contributed by atoms with Crippen LogP contribution in [0.25, 0.3) is 12.3 Å². The van der Waals surface area contributed by atoms with Crippen molar-refractivity contribution in [3.63, 3.8) is 0 Å². The van der Waals surface area contributed by atoms with E-state index in [1.54, 1.807) is 6.08 Å². The van der Waals surface area contributed by atoms with Gasteiger partial charge in [-0.25, -0.2) is 4.98 Å². The maximum absolute atomic E-state index is 5.54. The first kappa shape index (κ1) is 8.59. The van der Waals surface area contributed by atoms with E-state index in [-0.39, 0.29) is 0 Å². The Morgan fingerprint density at radius 2 is 2.42 bits per heavy atom. The molecule has 0 spiro atoms. The number of nitrogens with zero attached hydrogens (tertiary/aromatic N) is 2. The smallest absolute Gasteiger partial charge is 0.136 e. The van der Waals surface area contributed by atoms with Crippen LogP contribution in [0.1, 0.15) is 18.4 Å². The van der Waals surface area contributed by atoms with E-state index in [9.17, 15) is 0 Å². The van der Waals surface area contributed by atoms with Crippen molar-refractivity contribution >= 4 is 12.3 Å². The Morgan fingerprint density at radius 1 is 1.75 bits per heavy atom. The lowest BCUT2D eigenvalue weighted by molar-refractivity contribution is 1.08. The molecule has 1 aromatic heterocycles. The minimum atomic E-state index is 0.746. The number of hydrogen-bond donors (Lipinski definition) is 1. The molecule has 0 aliphatic carbocycles. The fourth-order valence-corrected chi connectivity index (χ4v) is 1.01. The van der Waals surface area contributed by atoms with Crippen molar-refractivity contribution in [2.24, 2.45) is 5.73 Å². The lowest BCUT2D eigenvalue weighted by Crippen LogP contribution is -1.95. The van der Waals surface area contributed by atoms with Crippen LogP contribution in [0.15, 0.2) is 18.5 Å². The molecule has 12 heavy (non-hydrogen) atoms. The van der Waals surface area contributed by atoms with Crippen molar-refractivity contribution in [3.05, 3.63) is 30.0 Å². The lowest BCUT2D eigenvalue weighted by atomic mass is 10.5. The molecule has 0 aromatic carbocycles. The van der Waals surface area contributed by atoms with Crippen LogP contribution < -0.4 is 5.73 Å². The van der Waals surface area contributed by atoms with E-state index in [1.165, 1.54) is 0 Å². The Hall–Kier alpha value is -1.51. The molecule has 1 heterocycles. The SMILES string of the molecule is C=Cc1nc(C)cn1/C=C(\C)N. The maximum Gasteiger partial charge on any atom is 0.136 e. The monoisotopic (exact) mass is 163 g/mol. The fraction of sp³-hybridized carbons (Fsp3) is 0.222. The molecule has 1 rings (SSSR count). The van der Waals surface area contributed by atoms with E-state index in [4.69, 9.17) is 5.73 Å². The third-order valence-corrected chi connectivity index (χ3v) is 1.41. The van der Waals surface area contributed by atoms with Gasteiger partial charge in [-0.15, -0.1) is 0 Å². The molecule has 3 heteroatoms. The second kappa shape index (κ2) is 3.26. The van der Waals surface area contributed by atoms with Gasteiger partial charge < -0.3 is 10.3 Å². The Bertz CT molecular complexity index is 317. The van der Waals surface area contributed by atoms with E-state index in [0.717, 1.165) is 17.2 Å². The van der Waals surface area contributed by atoms with E-state index in [2.05, 4.69) is 11.6 Å². The van der Waals surface area contributed by atoms with Crippen LogP contribution in [0.3, 0.4) is 0 Å². The van der Waals surface area contributed by atoms with Gasteiger partial charge in [0.2, 0.25) is 0 Å². The summed E-state index contributed by atoms with van der Waals surface area (Å²) >= 11 is 0. The van der Waals surface area contributed by atoms with Gasteiger partial charge in [-0.1, -0.05) is 6.58 Å². The first-order chi connectivity index (χ1) is 5.63. The molecule has 0 radical (unpaired) electrons. The summed E-state index contributed by atoms with van der Waals surface area (Å²) in [6.45, 7) is 7.43. The van der Waals surface area contributed by atoms with Crippen molar-refractivity contribution in [1.82, 2.24) is 9.55 Å². The van der Waals surface area contributed by atoms with Gasteiger partial charge in [-0.2, -0.15) is 0 Å². The summed E-state index contributed by atoms with van der Waals surface area (Å²) in [4.78, 5) is 4.23. The summed E-state index contributed by atoms with van der Waals surface area (Å²) in [6, 6.07) is 0. The highest BCUT2D eigenvalue weighted by Crippen LogP contribution is 2.04. The Balaban J connectivity index is 3.13. The summed E-state index contributed by atoms with van der Waals surface area (Å²) in [6.07, 6.45) is 5.43. The summed E-state index contributed by atoms with van der Waals surface area (Å²) in [5.74, 6) is 0.817. The number of aryl methyl sites for hydroxylation is 1. The lowest BCUT2D eigenvalue weighted by Gasteiger charge is -1.96. The zero-order valence-electron chi connectivity index (χ0n) is 7.41. The fourth-order valence-electron chi connectivity index (χ4n) is 1.01.